The Morgan fingerprint density at radius 3 is 2.62 bits per heavy atom. The first-order valence-corrected chi connectivity index (χ1v) is 11.1. The van der Waals surface area contributed by atoms with E-state index >= 15 is 0 Å². The van der Waals surface area contributed by atoms with Crippen molar-refractivity contribution in [2.45, 2.75) is 19.4 Å². The van der Waals surface area contributed by atoms with Crippen LogP contribution in [0.1, 0.15) is 18.4 Å². The van der Waals surface area contributed by atoms with E-state index in [9.17, 15) is 0 Å². The van der Waals surface area contributed by atoms with Crippen molar-refractivity contribution in [3.8, 4) is 33.8 Å². The predicted molar refractivity (Wildman–Crippen MR) is 127 cm³/mol. The van der Waals surface area contributed by atoms with E-state index in [0.29, 0.717) is 0 Å². The van der Waals surface area contributed by atoms with E-state index in [4.69, 9.17) is 0 Å². The normalized spacial score (nSPS) is 14.4. The van der Waals surface area contributed by atoms with Crippen molar-refractivity contribution in [3.05, 3.63) is 78.9 Å². The summed E-state index contributed by atoms with van der Waals surface area (Å²) in [5, 5.41) is 8.95. The summed E-state index contributed by atoms with van der Waals surface area (Å²) in [7, 11) is 0. The molecule has 5 aromatic rings. The number of aromatic amines is 2. The molecule has 1 saturated heterocycles. The van der Waals surface area contributed by atoms with Crippen LogP contribution >= 0.6 is 0 Å². The van der Waals surface area contributed by atoms with Gasteiger partial charge in [-0.05, 0) is 67.4 Å². The van der Waals surface area contributed by atoms with Gasteiger partial charge < -0.3 is 4.98 Å². The summed E-state index contributed by atoms with van der Waals surface area (Å²) in [5.74, 6) is 0. The Hall–Kier alpha value is -3.77. The van der Waals surface area contributed by atoms with E-state index in [2.05, 4.69) is 72.5 Å². The third kappa shape index (κ3) is 3.59. The van der Waals surface area contributed by atoms with E-state index < -0.39 is 0 Å². The maximum atomic E-state index is 4.59. The van der Waals surface area contributed by atoms with Crippen LogP contribution in [0.4, 0.5) is 0 Å². The van der Waals surface area contributed by atoms with Crippen LogP contribution in [0.25, 0.3) is 44.7 Å². The minimum absolute atomic E-state index is 0.887. The van der Waals surface area contributed by atoms with Crippen molar-refractivity contribution in [3.63, 3.8) is 0 Å². The lowest BCUT2D eigenvalue weighted by Gasteiger charge is -2.14. The minimum Gasteiger partial charge on any atom is -0.353 e. The van der Waals surface area contributed by atoms with E-state index in [0.717, 1.165) is 51.2 Å². The van der Waals surface area contributed by atoms with Crippen LogP contribution in [-0.4, -0.2) is 43.1 Å². The monoisotopic (exact) mass is 420 g/mol. The Bertz CT molecular complexity index is 1360. The second-order valence-electron chi connectivity index (χ2n) is 8.42. The van der Waals surface area contributed by atoms with Crippen LogP contribution in [0.5, 0.6) is 0 Å². The Kier molecular flexibility index (Phi) is 4.77. The van der Waals surface area contributed by atoms with Gasteiger partial charge in [-0.25, -0.2) is 0 Å². The highest BCUT2D eigenvalue weighted by molar-refractivity contribution is 5.97. The second kappa shape index (κ2) is 8.05. The fourth-order valence-electron chi connectivity index (χ4n) is 4.59. The molecule has 158 valence electrons. The van der Waals surface area contributed by atoms with Gasteiger partial charge in [0.2, 0.25) is 0 Å². The van der Waals surface area contributed by atoms with Gasteiger partial charge in [-0.3, -0.25) is 20.0 Å². The van der Waals surface area contributed by atoms with Gasteiger partial charge in [-0.1, -0.05) is 18.2 Å². The zero-order valence-corrected chi connectivity index (χ0v) is 17.8. The molecule has 0 aliphatic carbocycles. The van der Waals surface area contributed by atoms with Crippen molar-refractivity contribution in [1.82, 2.24) is 30.0 Å². The lowest BCUT2D eigenvalue weighted by Crippen LogP contribution is -2.18. The molecule has 1 fully saturated rings. The molecule has 6 nitrogen and oxygen atoms in total. The Morgan fingerprint density at radius 1 is 0.844 bits per heavy atom. The Morgan fingerprint density at radius 2 is 1.75 bits per heavy atom. The van der Waals surface area contributed by atoms with Gasteiger partial charge in [-0.15, -0.1) is 0 Å². The summed E-state index contributed by atoms with van der Waals surface area (Å²) < 4.78 is 0. The maximum Gasteiger partial charge on any atom is 0.109 e. The molecular weight excluding hydrogens is 396 g/mol. The molecule has 32 heavy (non-hydrogen) atoms. The minimum atomic E-state index is 0.887. The van der Waals surface area contributed by atoms with Crippen LogP contribution in [0, 0.1) is 0 Å². The number of likely N-dealkylation sites (tertiary alicyclic amines) is 1. The van der Waals surface area contributed by atoms with Crippen LogP contribution < -0.4 is 0 Å². The molecule has 4 aromatic heterocycles. The average Bonchev–Trinajstić information content (AvgIpc) is 3.60. The smallest absolute Gasteiger partial charge is 0.109 e. The molecule has 1 aromatic carbocycles. The predicted octanol–water partition coefficient (Wildman–Crippen LogP) is 5.28. The molecule has 1 aliphatic rings. The zero-order valence-electron chi connectivity index (χ0n) is 17.8. The molecule has 6 heteroatoms. The molecule has 0 spiro atoms. The third-order valence-corrected chi connectivity index (χ3v) is 6.20. The highest BCUT2D eigenvalue weighted by Gasteiger charge is 2.14. The quantitative estimate of drug-likeness (QED) is 0.406. The number of nitrogens with zero attached hydrogens (tertiary/aromatic N) is 4. The molecule has 0 unspecified atom stereocenters. The molecule has 1 aliphatic heterocycles. The number of H-pyrrole nitrogens is 2. The number of benzene rings is 1. The lowest BCUT2D eigenvalue weighted by atomic mass is 10.0. The van der Waals surface area contributed by atoms with E-state index in [-0.39, 0.29) is 0 Å². The SMILES string of the molecule is c1cncc(-c2cccc3[nH]c(-c4cc(-c5cncc(CN6CCCC6)c5)[nH]n4)cc23)c1. The van der Waals surface area contributed by atoms with Crippen LogP contribution in [0.15, 0.2) is 73.3 Å². The maximum absolute atomic E-state index is 4.59. The van der Waals surface area contributed by atoms with Gasteiger partial charge in [0.1, 0.15) is 5.69 Å². The number of rotatable bonds is 5. The zero-order chi connectivity index (χ0) is 21.3. The molecule has 0 amide bonds. The third-order valence-electron chi connectivity index (χ3n) is 6.20. The number of nitrogens with one attached hydrogen (secondary N) is 2. The molecule has 5 heterocycles. The van der Waals surface area contributed by atoms with Crippen LogP contribution in [0.3, 0.4) is 0 Å². The molecule has 0 bridgehead atoms. The Labute approximate surface area is 186 Å². The first-order chi connectivity index (χ1) is 15.8. The summed E-state index contributed by atoms with van der Waals surface area (Å²) in [4.78, 5) is 14.8. The average molecular weight is 421 g/mol. The first kappa shape index (κ1) is 19.0. The number of hydrogen-bond acceptors (Lipinski definition) is 4. The summed E-state index contributed by atoms with van der Waals surface area (Å²) in [5.41, 5.74) is 8.50. The summed E-state index contributed by atoms with van der Waals surface area (Å²) >= 11 is 0. The van der Waals surface area contributed by atoms with Crippen LogP contribution in [-0.2, 0) is 6.54 Å². The standard InChI is InChI=1S/C26H24N6/c1-2-10-32(9-1)17-18-11-20(16-28-14-18)24-13-26(31-30-24)25-12-22-21(6-3-7-23(22)29-25)19-5-4-8-27-15-19/h3-8,11-16,29H,1-2,9-10,17H2,(H,30,31). The molecular formula is C26H24N6. The first-order valence-electron chi connectivity index (χ1n) is 11.1. The number of fused-ring (bicyclic) bond motifs is 1. The Balaban J connectivity index is 1.31. The van der Waals surface area contributed by atoms with Crippen molar-refractivity contribution < 1.29 is 0 Å². The molecule has 0 saturated carbocycles. The molecule has 6 rings (SSSR count). The molecule has 0 radical (unpaired) electrons. The van der Waals surface area contributed by atoms with Crippen molar-refractivity contribution >= 4 is 10.9 Å². The van der Waals surface area contributed by atoms with Crippen molar-refractivity contribution in [2.24, 2.45) is 0 Å². The summed E-state index contributed by atoms with van der Waals surface area (Å²) in [6.45, 7) is 3.32. The van der Waals surface area contributed by atoms with Gasteiger partial charge in [0.25, 0.3) is 0 Å². The number of pyridine rings is 2. The van der Waals surface area contributed by atoms with Gasteiger partial charge in [-0.2, -0.15) is 5.10 Å². The lowest BCUT2D eigenvalue weighted by molar-refractivity contribution is 0.331. The highest BCUT2D eigenvalue weighted by Crippen LogP contribution is 2.32. The van der Waals surface area contributed by atoms with Gasteiger partial charge >= 0.3 is 0 Å². The van der Waals surface area contributed by atoms with Gasteiger partial charge in [0, 0.05) is 53.4 Å². The molecule has 2 N–H and O–H groups in total. The van der Waals surface area contributed by atoms with Crippen molar-refractivity contribution in [2.75, 3.05) is 13.1 Å². The van der Waals surface area contributed by atoms with Gasteiger partial charge in [0.15, 0.2) is 0 Å². The number of aromatic nitrogens is 5. The van der Waals surface area contributed by atoms with E-state index in [1.807, 2.05) is 24.7 Å². The fourth-order valence-corrected chi connectivity index (χ4v) is 4.59. The van der Waals surface area contributed by atoms with Crippen LogP contribution in [0.2, 0.25) is 0 Å². The molecule has 0 atom stereocenters. The van der Waals surface area contributed by atoms with E-state index in [1.165, 1.54) is 31.5 Å². The highest BCUT2D eigenvalue weighted by atomic mass is 15.1. The number of hydrogen-bond donors (Lipinski definition) is 2. The second-order valence-corrected chi connectivity index (χ2v) is 8.42. The topological polar surface area (TPSA) is 73.5 Å². The van der Waals surface area contributed by atoms with Crippen molar-refractivity contribution in [1.29, 1.82) is 0 Å². The van der Waals surface area contributed by atoms with Gasteiger partial charge in [0.05, 0.1) is 11.4 Å². The summed E-state index contributed by atoms with van der Waals surface area (Å²) in [6, 6.07) is 16.8. The fraction of sp³-hybridized carbons (Fsp3) is 0.192. The summed E-state index contributed by atoms with van der Waals surface area (Å²) in [6.07, 6.45) is 10.2. The largest absolute Gasteiger partial charge is 0.353 e. The van der Waals surface area contributed by atoms with E-state index in [1.54, 1.807) is 6.20 Å².